The number of amidine groups is 1. The summed E-state index contributed by atoms with van der Waals surface area (Å²) in [4.78, 5) is 8.02. The zero-order valence-corrected chi connectivity index (χ0v) is 11.6. The average molecular weight is 288 g/mol. The Morgan fingerprint density at radius 2 is 2.00 bits per heavy atom. The van der Waals surface area contributed by atoms with Crippen molar-refractivity contribution in [2.24, 2.45) is 10.9 Å². The van der Waals surface area contributed by atoms with Crippen molar-refractivity contribution in [1.29, 1.82) is 0 Å². The molecule has 2 rings (SSSR count). The number of nitrogens with zero attached hydrogens (tertiary/aromatic N) is 3. The van der Waals surface area contributed by atoms with Crippen molar-refractivity contribution in [3.63, 3.8) is 0 Å². The Labute approximate surface area is 122 Å². The number of methoxy groups -OCH3 is 1. The number of hydrogen-bond donors (Lipinski definition) is 2. The molecule has 0 aliphatic heterocycles. The van der Waals surface area contributed by atoms with Crippen LogP contribution >= 0.6 is 0 Å². The lowest BCUT2D eigenvalue weighted by Crippen LogP contribution is -2.15. The Balaban J connectivity index is 2.01. The molecular formula is C14H16N4O3. The zero-order chi connectivity index (χ0) is 15.1. The second kappa shape index (κ2) is 7.20. The van der Waals surface area contributed by atoms with Crippen LogP contribution in [-0.2, 0) is 11.2 Å². The highest BCUT2D eigenvalue weighted by atomic mass is 16.5. The van der Waals surface area contributed by atoms with E-state index in [9.17, 15) is 0 Å². The molecule has 0 fully saturated rings. The molecule has 0 bridgehead atoms. The van der Waals surface area contributed by atoms with Crippen LogP contribution in [0, 0.1) is 0 Å². The van der Waals surface area contributed by atoms with E-state index >= 15 is 0 Å². The summed E-state index contributed by atoms with van der Waals surface area (Å²) in [5.41, 5.74) is 6.84. The van der Waals surface area contributed by atoms with Crippen molar-refractivity contribution in [3.05, 3.63) is 47.9 Å². The Morgan fingerprint density at radius 3 is 2.57 bits per heavy atom. The van der Waals surface area contributed by atoms with Gasteiger partial charge >= 0.3 is 0 Å². The molecule has 2 aromatic rings. The molecule has 0 aliphatic carbocycles. The molecule has 21 heavy (non-hydrogen) atoms. The maximum absolute atomic E-state index is 8.54. The molecule has 7 nitrogen and oxygen atoms in total. The largest absolute Gasteiger partial charge is 0.438 e. The normalized spacial score (nSPS) is 11.4. The van der Waals surface area contributed by atoms with Crippen LogP contribution in [-0.4, -0.2) is 34.7 Å². The van der Waals surface area contributed by atoms with Crippen LogP contribution in [0.5, 0.6) is 11.6 Å². The van der Waals surface area contributed by atoms with Crippen molar-refractivity contribution < 1.29 is 14.7 Å². The fourth-order valence-corrected chi connectivity index (χ4v) is 1.62. The summed E-state index contributed by atoms with van der Waals surface area (Å²) in [6.45, 7) is 0.682. The highest BCUT2D eigenvalue weighted by Gasteiger charge is 2.04. The van der Waals surface area contributed by atoms with Crippen molar-refractivity contribution in [2.75, 3.05) is 13.7 Å². The lowest BCUT2D eigenvalue weighted by molar-refractivity contribution is 0.202. The van der Waals surface area contributed by atoms with E-state index in [0.29, 0.717) is 18.2 Å². The van der Waals surface area contributed by atoms with Crippen molar-refractivity contribution in [1.82, 2.24) is 9.97 Å². The molecule has 110 valence electrons. The Kier molecular flexibility index (Phi) is 5.05. The quantitative estimate of drug-likeness (QED) is 0.362. The smallest absolute Gasteiger partial charge is 0.237 e. The number of benzene rings is 1. The molecule has 0 saturated heterocycles. The van der Waals surface area contributed by atoms with E-state index < -0.39 is 0 Å². The van der Waals surface area contributed by atoms with Gasteiger partial charge in [0, 0.05) is 7.11 Å². The summed E-state index contributed by atoms with van der Waals surface area (Å²) in [5, 5.41) is 11.4. The summed E-state index contributed by atoms with van der Waals surface area (Å²) in [5.74, 6) is 0.882. The van der Waals surface area contributed by atoms with E-state index in [1.54, 1.807) is 7.11 Å². The van der Waals surface area contributed by atoms with Crippen LogP contribution in [0.15, 0.2) is 41.8 Å². The summed E-state index contributed by atoms with van der Waals surface area (Å²) < 4.78 is 10.6. The number of aromatic nitrogens is 2. The van der Waals surface area contributed by atoms with Crippen molar-refractivity contribution >= 4 is 5.84 Å². The first-order valence-electron chi connectivity index (χ1n) is 6.28. The van der Waals surface area contributed by atoms with E-state index in [1.807, 2.05) is 24.3 Å². The third kappa shape index (κ3) is 4.15. The second-order valence-corrected chi connectivity index (χ2v) is 4.21. The van der Waals surface area contributed by atoms with Gasteiger partial charge in [0.1, 0.15) is 11.4 Å². The van der Waals surface area contributed by atoms with Crippen LogP contribution in [0.1, 0.15) is 11.3 Å². The van der Waals surface area contributed by atoms with E-state index in [0.717, 1.165) is 12.0 Å². The van der Waals surface area contributed by atoms with Crippen LogP contribution in [0.3, 0.4) is 0 Å². The number of ether oxygens (including phenoxy) is 2. The van der Waals surface area contributed by atoms with E-state index in [1.165, 1.54) is 12.4 Å². The molecule has 0 unspecified atom stereocenters. The van der Waals surface area contributed by atoms with Crippen molar-refractivity contribution in [3.8, 4) is 11.6 Å². The predicted molar refractivity (Wildman–Crippen MR) is 76.6 cm³/mol. The second-order valence-electron chi connectivity index (χ2n) is 4.21. The third-order valence-corrected chi connectivity index (χ3v) is 2.74. The van der Waals surface area contributed by atoms with Gasteiger partial charge in [0.15, 0.2) is 5.84 Å². The lowest BCUT2D eigenvalue weighted by atomic mass is 10.1. The van der Waals surface area contributed by atoms with Gasteiger partial charge in [-0.25, -0.2) is 9.97 Å². The van der Waals surface area contributed by atoms with Gasteiger partial charge in [-0.2, -0.15) is 0 Å². The summed E-state index contributed by atoms with van der Waals surface area (Å²) in [6.07, 6.45) is 3.63. The maximum atomic E-state index is 8.54. The molecule has 0 aliphatic rings. The van der Waals surface area contributed by atoms with Gasteiger partial charge < -0.3 is 20.4 Å². The van der Waals surface area contributed by atoms with Gasteiger partial charge in [0.25, 0.3) is 0 Å². The average Bonchev–Trinajstić information content (AvgIpc) is 2.54. The zero-order valence-electron chi connectivity index (χ0n) is 11.6. The fraction of sp³-hybridized carbons (Fsp3) is 0.214. The molecule has 1 aromatic heterocycles. The first kappa shape index (κ1) is 14.7. The van der Waals surface area contributed by atoms with E-state index in [2.05, 4.69) is 15.1 Å². The van der Waals surface area contributed by atoms with Gasteiger partial charge in [-0.1, -0.05) is 17.3 Å². The van der Waals surface area contributed by atoms with E-state index in [4.69, 9.17) is 20.4 Å². The van der Waals surface area contributed by atoms with E-state index in [-0.39, 0.29) is 11.5 Å². The highest BCUT2D eigenvalue weighted by molar-refractivity contribution is 5.94. The third-order valence-electron chi connectivity index (χ3n) is 2.74. The van der Waals surface area contributed by atoms with Crippen LogP contribution < -0.4 is 10.5 Å². The number of nitrogens with two attached hydrogens (primary N) is 1. The summed E-state index contributed by atoms with van der Waals surface area (Å²) in [6, 6.07) is 7.63. The topological polar surface area (TPSA) is 103 Å². The molecule has 3 N–H and O–H groups in total. The molecule has 0 saturated carbocycles. The van der Waals surface area contributed by atoms with Crippen LogP contribution in [0.2, 0.25) is 0 Å². The molecule has 0 radical (unpaired) electrons. The minimum Gasteiger partial charge on any atom is -0.438 e. The predicted octanol–water partition coefficient (Wildman–Crippen LogP) is 1.55. The first-order chi connectivity index (χ1) is 10.2. The van der Waals surface area contributed by atoms with Gasteiger partial charge in [-0.05, 0) is 24.1 Å². The van der Waals surface area contributed by atoms with Crippen LogP contribution in [0.4, 0.5) is 0 Å². The lowest BCUT2D eigenvalue weighted by Gasteiger charge is -2.06. The number of rotatable bonds is 6. The highest BCUT2D eigenvalue weighted by Crippen LogP contribution is 2.19. The number of oxime groups is 1. The molecule has 0 spiro atoms. The minimum absolute atomic E-state index is 0.100. The van der Waals surface area contributed by atoms with Gasteiger partial charge in [-0.15, -0.1) is 0 Å². The Bertz CT molecular complexity index is 597. The molecule has 0 atom stereocenters. The Hall–Kier alpha value is -2.67. The van der Waals surface area contributed by atoms with Crippen LogP contribution in [0.25, 0.3) is 0 Å². The molecule has 7 heteroatoms. The Morgan fingerprint density at radius 1 is 1.24 bits per heavy atom. The first-order valence-corrected chi connectivity index (χ1v) is 6.28. The monoisotopic (exact) mass is 288 g/mol. The van der Waals surface area contributed by atoms with Gasteiger partial charge in [0.05, 0.1) is 19.0 Å². The number of hydrogen-bond acceptors (Lipinski definition) is 6. The SMILES string of the molecule is COCCc1ccc(Oc2cnc(C(N)=NO)cn2)cc1. The summed E-state index contributed by atoms with van der Waals surface area (Å²) >= 11 is 0. The fourth-order valence-electron chi connectivity index (χ4n) is 1.62. The minimum atomic E-state index is -0.100. The van der Waals surface area contributed by atoms with Crippen molar-refractivity contribution in [2.45, 2.75) is 6.42 Å². The standard InChI is InChI=1S/C14H16N4O3/c1-20-7-6-10-2-4-11(5-3-10)21-13-9-16-12(8-17-13)14(15)18-19/h2-5,8-9,19H,6-7H2,1H3,(H2,15,18). The van der Waals surface area contributed by atoms with Gasteiger partial charge in [-0.3, -0.25) is 0 Å². The molecule has 1 aromatic carbocycles. The van der Waals surface area contributed by atoms with Gasteiger partial charge in [0.2, 0.25) is 5.88 Å². The molecule has 1 heterocycles. The molecule has 0 amide bonds. The maximum Gasteiger partial charge on any atom is 0.237 e. The summed E-state index contributed by atoms with van der Waals surface area (Å²) in [7, 11) is 1.67. The molecular weight excluding hydrogens is 272 g/mol.